The molecule has 106 valence electrons. The SMILES string of the molecule is Clc1ccc(NCc2ccc(-c3ccccc3)s2)c(Cl)c1. The molecule has 0 aliphatic carbocycles. The Bertz CT molecular complexity index is 738. The highest BCUT2D eigenvalue weighted by Gasteiger charge is 2.04. The number of anilines is 1. The van der Waals surface area contributed by atoms with Gasteiger partial charge in [-0.05, 0) is 35.9 Å². The summed E-state index contributed by atoms with van der Waals surface area (Å²) >= 11 is 13.8. The van der Waals surface area contributed by atoms with Gasteiger partial charge >= 0.3 is 0 Å². The zero-order chi connectivity index (χ0) is 14.7. The molecule has 0 aliphatic rings. The molecule has 0 unspecified atom stereocenters. The molecular formula is C17H13Cl2NS. The Labute approximate surface area is 138 Å². The van der Waals surface area contributed by atoms with Crippen molar-refractivity contribution in [3.05, 3.63) is 75.6 Å². The van der Waals surface area contributed by atoms with Gasteiger partial charge in [0.15, 0.2) is 0 Å². The van der Waals surface area contributed by atoms with Crippen LogP contribution >= 0.6 is 34.5 Å². The first kappa shape index (κ1) is 14.5. The number of rotatable bonds is 4. The highest BCUT2D eigenvalue weighted by atomic mass is 35.5. The number of thiophene rings is 1. The highest BCUT2D eigenvalue weighted by molar-refractivity contribution is 7.15. The Morgan fingerprint density at radius 2 is 1.71 bits per heavy atom. The molecule has 3 rings (SSSR count). The predicted molar refractivity (Wildman–Crippen MR) is 93.5 cm³/mol. The summed E-state index contributed by atoms with van der Waals surface area (Å²) in [5.41, 5.74) is 2.15. The summed E-state index contributed by atoms with van der Waals surface area (Å²) in [5.74, 6) is 0. The van der Waals surface area contributed by atoms with Crippen LogP contribution < -0.4 is 5.32 Å². The lowest BCUT2D eigenvalue weighted by Crippen LogP contribution is -1.97. The fourth-order valence-corrected chi connectivity index (χ4v) is 3.47. The molecular weight excluding hydrogens is 321 g/mol. The van der Waals surface area contributed by atoms with Crippen LogP contribution in [0, 0.1) is 0 Å². The van der Waals surface area contributed by atoms with Crippen molar-refractivity contribution in [1.82, 2.24) is 0 Å². The largest absolute Gasteiger partial charge is 0.379 e. The topological polar surface area (TPSA) is 12.0 Å². The van der Waals surface area contributed by atoms with Crippen molar-refractivity contribution in [2.24, 2.45) is 0 Å². The van der Waals surface area contributed by atoms with Crippen LogP contribution in [0.2, 0.25) is 10.0 Å². The fourth-order valence-electron chi connectivity index (χ4n) is 2.05. The maximum Gasteiger partial charge on any atom is 0.0652 e. The zero-order valence-electron chi connectivity index (χ0n) is 11.1. The molecule has 0 fully saturated rings. The fraction of sp³-hybridized carbons (Fsp3) is 0.0588. The summed E-state index contributed by atoms with van der Waals surface area (Å²) < 4.78 is 0. The molecule has 0 atom stereocenters. The van der Waals surface area contributed by atoms with Gasteiger partial charge in [0.25, 0.3) is 0 Å². The summed E-state index contributed by atoms with van der Waals surface area (Å²) in [6.45, 7) is 0.749. The van der Waals surface area contributed by atoms with Gasteiger partial charge < -0.3 is 5.32 Å². The Morgan fingerprint density at radius 3 is 2.48 bits per heavy atom. The lowest BCUT2D eigenvalue weighted by Gasteiger charge is -2.07. The molecule has 3 aromatic rings. The van der Waals surface area contributed by atoms with Gasteiger partial charge in [0.1, 0.15) is 0 Å². The average molecular weight is 334 g/mol. The number of hydrogen-bond acceptors (Lipinski definition) is 2. The van der Waals surface area contributed by atoms with Crippen LogP contribution in [0.15, 0.2) is 60.7 Å². The van der Waals surface area contributed by atoms with Gasteiger partial charge in [-0.2, -0.15) is 0 Å². The molecule has 1 heterocycles. The third-order valence-corrected chi connectivity index (χ3v) is 4.79. The van der Waals surface area contributed by atoms with E-state index >= 15 is 0 Å². The summed E-state index contributed by atoms with van der Waals surface area (Å²) in [5, 5.41) is 4.63. The van der Waals surface area contributed by atoms with E-state index in [1.165, 1.54) is 15.3 Å². The first-order valence-electron chi connectivity index (χ1n) is 6.55. The molecule has 1 aromatic heterocycles. The Balaban J connectivity index is 1.70. The molecule has 0 aliphatic heterocycles. The van der Waals surface area contributed by atoms with Gasteiger partial charge in [-0.3, -0.25) is 0 Å². The molecule has 0 saturated heterocycles. The predicted octanol–water partition coefficient (Wildman–Crippen LogP) is 6.33. The normalized spacial score (nSPS) is 10.6. The van der Waals surface area contributed by atoms with Crippen LogP contribution in [0.5, 0.6) is 0 Å². The number of hydrogen-bond donors (Lipinski definition) is 1. The zero-order valence-corrected chi connectivity index (χ0v) is 13.5. The molecule has 0 amide bonds. The minimum absolute atomic E-state index is 0.641. The Hall–Kier alpha value is -1.48. The van der Waals surface area contributed by atoms with Crippen molar-refractivity contribution in [2.75, 3.05) is 5.32 Å². The highest BCUT2D eigenvalue weighted by Crippen LogP contribution is 2.30. The van der Waals surface area contributed by atoms with Crippen LogP contribution in [0.3, 0.4) is 0 Å². The lowest BCUT2D eigenvalue weighted by molar-refractivity contribution is 1.19. The van der Waals surface area contributed by atoms with Crippen molar-refractivity contribution in [2.45, 2.75) is 6.54 Å². The van der Waals surface area contributed by atoms with Crippen molar-refractivity contribution in [3.8, 4) is 10.4 Å². The molecule has 0 spiro atoms. The minimum atomic E-state index is 0.641. The standard InChI is InChI=1S/C17H13Cl2NS/c18-13-6-8-16(15(19)10-13)20-11-14-7-9-17(21-14)12-4-2-1-3-5-12/h1-10,20H,11H2. The van der Waals surface area contributed by atoms with Crippen LogP contribution in [0.4, 0.5) is 5.69 Å². The molecule has 21 heavy (non-hydrogen) atoms. The van der Waals surface area contributed by atoms with Crippen LogP contribution in [-0.2, 0) is 6.54 Å². The second-order valence-corrected chi connectivity index (χ2v) is 6.62. The van der Waals surface area contributed by atoms with E-state index in [0.29, 0.717) is 10.0 Å². The van der Waals surface area contributed by atoms with Crippen LogP contribution in [0.1, 0.15) is 4.88 Å². The Morgan fingerprint density at radius 1 is 0.905 bits per heavy atom. The van der Waals surface area contributed by atoms with Gasteiger partial charge in [0, 0.05) is 21.3 Å². The van der Waals surface area contributed by atoms with Gasteiger partial charge in [0.05, 0.1) is 10.7 Å². The van der Waals surface area contributed by atoms with E-state index < -0.39 is 0 Å². The quantitative estimate of drug-likeness (QED) is 0.587. The molecule has 1 N–H and O–H groups in total. The van der Waals surface area contributed by atoms with E-state index in [1.54, 1.807) is 17.4 Å². The Kier molecular flexibility index (Phi) is 4.49. The van der Waals surface area contributed by atoms with E-state index in [0.717, 1.165) is 12.2 Å². The summed E-state index contributed by atoms with van der Waals surface area (Å²) in [6, 6.07) is 20.2. The molecule has 0 radical (unpaired) electrons. The van der Waals surface area contributed by atoms with Gasteiger partial charge in [0.2, 0.25) is 0 Å². The van der Waals surface area contributed by atoms with Crippen LogP contribution in [-0.4, -0.2) is 0 Å². The van der Waals surface area contributed by atoms with Gasteiger partial charge in [-0.25, -0.2) is 0 Å². The molecule has 0 saturated carbocycles. The first-order valence-corrected chi connectivity index (χ1v) is 8.13. The van der Waals surface area contributed by atoms with Gasteiger partial charge in [-0.1, -0.05) is 53.5 Å². The number of nitrogens with one attached hydrogen (secondary N) is 1. The number of benzene rings is 2. The maximum atomic E-state index is 6.15. The van der Waals surface area contributed by atoms with Crippen molar-refractivity contribution >= 4 is 40.2 Å². The summed E-state index contributed by atoms with van der Waals surface area (Å²) in [6.07, 6.45) is 0. The number of halogens is 2. The molecule has 0 bridgehead atoms. The van der Waals surface area contributed by atoms with E-state index in [2.05, 4.69) is 41.7 Å². The maximum absolute atomic E-state index is 6.15. The van der Waals surface area contributed by atoms with Crippen molar-refractivity contribution in [1.29, 1.82) is 0 Å². The molecule has 4 heteroatoms. The third kappa shape index (κ3) is 3.59. The molecule has 2 aromatic carbocycles. The first-order chi connectivity index (χ1) is 10.2. The van der Waals surface area contributed by atoms with Crippen molar-refractivity contribution < 1.29 is 0 Å². The summed E-state index contributed by atoms with van der Waals surface area (Å²) in [7, 11) is 0. The van der Waals surface area contributed by atoms with Crippen molar-refractivity contribution in [3.63, 3.8) is 0 Å². The smallest absolute Gasteiger partial charge is 0.0652 e. The van der Waals surface area contributed by atoms with Crippen LogP contribution in [0.25, 0.3) is 10.4 Å². The van der Waals surface area contributed by atoms with Gasteiger partial charge in [-0.15, -0.1) is 11.3 Å². The average Bonchev–Trinajstić information content (AvgIpc) is 2.96. The second-order valence-electron chi connectivity index (χ2n) is 4.61. The lowest BCUT2D eigenvalue weighted by atomic mass is 10.2. The third-order valence-electron chi connectivity index (χ3n) is 3.10. The summed E-state index contributed by atoms with van der Waals surface area (Å²) in [4.78, 5) is 2.54. The van der Waals surface area contributed by atoms with E-state index in [-0.39, 0.29) is 0 Å². The van der Waals surface area contributed by atoms with E-state index in [4.69, 9.17) is 23.2 Å². The van der Waals surface area contributed by atoms with E-state index in [9.17, 15) is 0 Å². The van der Waals surface area contributed by atoms with E-state index in [1.807, 2.05) is 18.2 Å². The monoisotopic (exact) mass is 333 g/mol. The molecule has 1 nitrogen and oxygen atoms in total. The minimum Gasteiger partial charge on any atom is -0.379 e. The second kappa shape index (κ2) is 6.52.